The van der Waals surface area contributed by atoms with Crippen LogP contribution in [0.5, 0.6) is 11.5 Å². The van der Waals surface area contributed by atoms with Crippen LogP contribution in [0.3, 0.4) is 0 Å². The molecule has 3 N–H and O–H groups in total. The number of phenolic OH excluding ortho intramolecular Hbond substituents is 1. The van der Waals surface area contributed by atoms with Gasteiger partial charge in [0.05, 0.1) is 11.8 Å². The minimum absolute atomic E-state index is 0.00627. The maximum absolute atomic E-state index is 12.4. The number of phenols is 1. The van der Waals surface area contributed by atoms with Gasteiger partial charge in [0.15, 0.2) is 0 Å². The molecular formula is C14H12N2O5. The number of amides is 1. The van der Waals surface area contributed by atoms with Gasteiger partial charge in [-0.15, -0.1) is 0 Å². The Kier molecular flexibility index (Phi) is 4.03. The van der Waals surface area contributed by atoms with Gasteiger partial charge in [0.2, 0.25) is 0 Å². The van der Waals surface area contributed by atoms with Crippen LogP contribution >= 0.6 is 0 Å². The summed E-state index contributed by atoms with van der Waals surface area (Å²) in [6, 6.07) is 6.80. The molecule has 1 aromatic carbocycles. The Morgan fingerprint density at radius 1 is 1.10 bits per heavy atom. The lowest BCUT2D eigenvalue weighted by molar-refractivity contribution is -0.135. The van der Waals surface area contributed by atoms with E-state index in [0.717, 1.165) is 11.1 Å². The number of benzene rings is 1. The van der Waals surface area contributed by atoms with Crippen molar-refractivity contribution >= 4 is 17.6 Å². The van der Waals surface area contributed by atoms with E-state index >= 15 is 0 Å². The molecule has 7 heteroatoms. The van der Waals surface area contributed by atoms with E-state index in [1.807, 2.05) is 0 Å². The van der Waals surface area contributed by atoms with E-state index in [9.17, 15) is 19.8 Å². The van der Waals surface area contributed by atoms with Gasteiger partial charge in [-0.2, -0.15) is 0 Å². The normalized spacial score (nSPS) is 10.1. The van der Waals surface area contributed by atoms with Crippen LogP contribution in [0.4, 0.5) is 5.69 Å². The van der Waals surface area contributed by atoms with Gasteiger partial charge in [-0.3, -0.25) is 19.5 Å². The fourth-order valence-electron chi connectivity index (χ4n) is 1.76. The molecule has 7 nitrogen and oxygen atoms in total. The predicted octanol–water partition coefficient (Wildman–Crippen LogP) is 1.22. The first kappa shape index (κ1) is 14.3. The highest BCUT2D eigenvalue weighted by Crippen LogP contribution is 2.23. The molecule has 0 saturated heterocycles. The molecule has 0 atom stereocenters. The molecule has 0 unspecified atom stereocenters. The molecule has 2 rings (SSSR count). The van der Waals surface area contributed by atoms with Gasteiger partial charge in [-0.1, -0.05) is 0 Å². The number of aliphatic carboxylic acids is 1. The molecule has 2 aromatic rings. The molecule has 1 aromatic heterocycles. The molecule has 0 radical (unpaired) electrons. The number of hydrogen-bond donors (Lipinski definition) is 3. The fourth-order valence-corrected chi connectivity index (χ4v) is 1.76. The Balaban J connectivity index is 2.40. The third-order valence-corrected chi connectivity index (χ3v) is 2.73. The van der Waals surface area contributed by atoms with Crippen molar-refractivity contribution in [1.29, 1.82) is 0 Å². The maximum Gasteiger partial charge on any atom is 0.323 e. The first-order chi connectivity index (χ1) is 9.99. The SMILES string of the molecule is O=C(O)CN(C(=O)c1ccncc1O)c1ccc(O)cc1. The first-order valence-corrected chi connectivity index (χ1v) is 5.94. The second-order valence-corrected chi connectivity index (χ2v) is 4.19. The lowest BCUT2D eigenvalue weighted by Gasteiger charge is -2.21. The van der Waals surface area contributed by atoms with Crippen molar-refractivity contribution in [2.45, 2.75) is 0 Å². The van der Waals surface area contributed by atoms with Crippen LogP contribution in [-0.2, 0) is 4.79 Å². The zero-order valence-electron chi connectivity index (χ0n) is 10.8. The molecule has 0 fully saturated rings. The van der Waals surface area contributed by atoms with Gasteiger partial charge in [0.25, 0.3) is 5.91 Å². The zero-order valence-corrected chi connectivity index (χ0v) is 10.8. The Hall–Kier alpha value is -3.09. The largest absolute Gasteiger partial charge is 0.508 e. The number of nitrogens with zero attached hydrogens (tertiary/aromatic N) is 2. The number of pyridine rings is 1. The summed E-state index contributed by atoms with van der Waals surface area (Å²) < 4.78 is 0. The monoisotopic (exact) mass is 288 g/mol. The van der Waals surface area contributed by atoms with E-state index in [2.05, 4.69) is 4.98 Å². The Bertz CT molecular complexity index is 669. The lowest BCUT2D eigenvalue weighted by atomic mass is 10.2. The number of rotatable bonds is 4. The zero-order chi connectivity index (χ0) is 15.4. The van der Waals surface area contributed by atoms with E-state index in [-0.39, 0.29) is 22.7 Å². The Morgan fingerprint density at radius 3 is 2.33 bits per heavy atom. The standard InChI is InChI=1S/C14H12N2O5/c17-10-3-1-9(2-4-10)16(8-13(19)20)14(21)11-5-6-15-7-12(11)18/h1-7,17-18H,8H2,(H,19,20). The highest BCUT2D eigenvalue weighted by atomic mass is 16.4. The maximum atomic E-state index is 12.4. The lowest BCUT2D eigenvalue weighted by Crippen LogP contribution is -2.35. The minimum atomic E-state index is -1.20. The van der Waals surface area contributed by atoms with Crippen LogP contribution in [0, 0.1) is 0 Å². The van der Waals surface area contributed by atoms with Crippen LogP contribution in [0.2, 0.25) is 0 Å². The second-order valence-electron chi connectivity index (χ2n) is 4.19. The molecule has 0 spiro atoms. The van der Waals surface area contributed by atoms with Crippen molar-refractivity contribution in [3.8, 4) is 11.5 Å². The van der Waals surface area contributed by atoms with Crippen LogP contribution in [0.25, 0.3) is 0 Å². The summed E-state index contributed by atoms with van der Waals surface area (Å²) in [5, 5.41) is 27.9. The second kappa shape index (κ2) is 5.91. The van der Waals surface area contributed by atoms with Crippen LogP contribution in [-0.4, -0.2) is 38.7 Å². The van der Waals surface area contributed by atoms with Crippen molar-refractivity contribution in [3.63, 3.8) is 0 Å². The topological polar surface area (TPSA) is 111 Å². The van der Waals surface area contributed by atoms with Gasteiger partial charge >= 0.3 is 5.97 Å². The number of aromatic nitrogens is 1. The number of carboxylic acid groups (broad SMARTS) is 1. The highest BCUT2D eigenvalue weighted by molar-refractivity contribution is 6.09. The van der Waals surface area contributed by atoms with Gasteiger partial charge in [-0.25, -0.2) is 0 Å². The summed E-state index contributed by atoms with van der Waals surface area (Å²) in [7, 11) is 0. The van der Waals surface area contributed by atoms with E-state index in [1.165, 1.54) is 36.5 Å². The third kappa shape index (κ3) is 3.27. The van der Waals surface area contributed by atoms with Gasteiger partial charge < -0.3 is 15.3 Å². The summed E-state index contributed by atoms with van der Waals surface area (Å²) in [4.78, 5) is 28.0. The molecule has 1 amide bonds. The molecule has 0 bridgehead atoms. The van der Waals surface area contributed by atoms with Crippen molar-refractivity contribution in [2.24, 2.45) is 0 Å². The molecule has 0 saturated carbocycles. The van der Waals surface area contributed by atoms with Gasteiger partial charge in [-0.05, 0) is 30.3 Å². The van der Waals surface area contributed by atoms with Gasteiger partial charge in [0.1, 0.15) is 18.0 Å². The molecule has 0 aliphatic heterocycles. The van der Waals surface area contributed by atoms with Crippen molar-refractivity contribution in [3.05, 3.63) is 48.3 Å². The van der Waals surface area contributed by atoms with E-state index < -0.39 is 18.4 Å². The van der Waals surface area contributed by atoms with Crippen molar-refractivity contribution in [2.75, 3.05) is 11.4 Å². The fraction of sp³-hybridized carbons (Fsp3) is 0.0714. The summed E-state index contributed by atoms with van der Waals surface area (Å²) >= 11 is 0. The van der Waals surface area contributed by atoms with Crippen LogP contribution in [0.1, 0.15) is 10.4 Å². The molecule has 0 aliphatic carbocycles. The molecule has 21 heavy (non-hydrogen) atoms. The molecule has 108 valence electrons. The predicted molar refractivity (Wildman–Crippen MR) is 73.3 cm³/mol. The van der Waals surface area contributed by atoms with E-state index in [0.29, 0.717) is 0 Å². The summed E-state index contributed by atoms with van der Waals surface area (Å²) in [6.45, 7) is -0.578. The summed E-state index contributed by atoms with van der Waals surface area (Å²) in [6.07, 6.45) is 2.42. The van der Waals surface area contributed by atoms with E-state index in [4.69, 9.17) is 5.11 Å². The first-order valence-electron chi connectivity index (χ1n) is 5.94. The average Bonchev–Trinajstić information content (AvgIpc) is 2.45. The number of carbonyl (C=O) groups is 2. The molecular weight excluding hydrogens is 276 g/mol. The van der Waals surface area contributed by atoms with Crippen LogP contribution in [0.15, 0.2) is 42.7 Å². The smallest absolute Gasteiger partial charge is 0.323 e. The number of carbonyl (C=O) groups excluding carboxylic acids is 1. The minimum Gasteiger partial charge on any atom is -0.508 e. The molecule has 1 heterocycles. The molecule has 0 aliphatic rings. The van der Waals surface area contributed by atoms with Crippen molar-refractivity contribution in [1.82, 2.24) is 4.98 Å². The third-order valence-electron chi connectivity index (χ3n) is 2.73. The summed E-state index contributed by atoms with van der Waals surface area (Å²) in [5.41, 5.74) is 0.232. The Labute approximate surface area is 119 Å². The summed E-state index contributed by atoms with van der Waals surface area (Å²) in [5.74, 6) is -2.22. The van der Waals surface area contributed by atoms with Gasteiger partial charge in [0, 0.05) is 11.9 Å². The number of aromatic hydroxyl groups is 2. The Morgan fingerprint density at radius 2 is 1.76 bits per heavy atom. The highest BCUT2D eigenvalue weighted by Gasteiger charge is 2.22. The van der Waals surface area contributed by atoms with Crippen LogP contribution < -0.4 is 4.90 Å². The number of anilines is 1. The number of carboxylic acids is 1. The average molecular weight is 288 g/mol. The van der Waals surface area contributed by atoms with E-state index in [1.54, 1.807) is 0 Å². The van der Waals surface area contributed by atoms with Crippen molar-refractivity contribution < 1.29 is 24.9 Å². The quantitative estimate of drug-likeness (QED) is 0.780. The number of hydrogen-bond acceptors (Lipinski definition) is 5.